The molecule has 0 saturated carbocycles. The first-order valence-electron chi connectivity index (χ1n) is 5.94. The minimum Gasteiger partial charge on any atom is -0.161 e. The fourth-order valence-corrected chi connectivity index (χ4v) is 3.84. The van der Waals surface area contributed by atoms with E-state index in [9.17, 15) is 0 Å². The van der Waals surface area contributed by atoms with Gasteiger partial charge < -0.3 is 0 Å². The summed E-state index contributed by atoms with van der Waals surface area (Å²) in [6.07, 6.45) is 2.15. The average Bonchev–Trinajstić information content (AvgIpc) is 2.83. The molecule has 0 spiro atoms. The topological polar surface area (TPSA) is 0 Å². The van der Waals surface area contributed by atoms with Gasteiger partial charge in [-0.05, 0) is 34.9 Å². The van der Waals surface area contributed by atoms with E-state index < -0.39 is 0 Å². The fourth-order valence-electron chi connectivity index (χ4n) is 2.16. The summed E-state index contributed by atoms with van der Waals surface area (Å²) in [7, 11) is 0. The van der Waals surface area contributed by atoms with Gasteiger partial charge in [-0.2, -0.15) is 11.8 Å². The second-order valence-corrected chi connectivity index (χ2v) is 6.19. The predicted molar refractivity (Wildman–Crippen MR) is 84.5 cm³/mol. The average molecular weight is 270 g/mol. The Kier molecular flexibility index (Phi) is 3.39. The Labute approximate surface area is 116 Å². The summed E-state index contributed by atoms with van der Waals surface area (Å²) in [5, 5.41) is 1.34. The van der Waals surface area contributed by atoms with Gasteiger partial charge in [-0.3, -0.25) is 0 Å². The second kappa shape index (κ2) is 5.17. The second-order valence-electron chi connectivity index (χ2n) is 4.24. The lowest BCUT2D eigenvalue weighted by Crippen LogP contribution is -1.84. The Bertz CT molecular complexity index is 634. The van der Waals surface area contributed by atoms with Crippen molar-refractivity contribution in [2.75, 3.05) is 6.26 Å². The highest BCUT2D eigenvalue weighted by atomic mass is 32.2. The molecule has 0 fully saturated rings. The van der Waals surface area contributed by atoms with Gasteiger partial charge in [0.25, 0.3) is 0 Å². The number of thiophene rings is 1. The fraction of sp³-hybridized carbons (Fsp3) is 0.125. The predicted octanol–water partition coefficient (Wildman–Crippen LogP) is 5.43. The van der Waals surface area contributed by atoms with Crippen LogP contribution in [0.25, 0.3) is 20.5 Å². The van der Waals surface area contributed by atoms with Gasteiger partial charge in [0.15, 0.2) is 0 Å². The van der Waals surface area contributed by atoms with Crippen molar-refractivity contribution in [3.05, 3.63) is 60.2 Å². The van der Waals surface area contributed by atoms with Crippen LogP contribution in [0.2, 0.25) is 0 Å². The van der Waals surface area contributed by atoms with Crippen molar-refractivity contribution in [1.29, 1.82) is 0 Å². The number of thioether (sulfide) groups is 1. The molecule has 90 valence electrons. The Balaban J connectivity index is 2.13. The summed E-state index contributed by atoms with van der Waals surface area (Å²) in [5.41, 5.74) is 2.81. The van der Waals surface area contributed by atoms with Gasteiger partial charge in [-0.15, -0.1) is 11.3 Å². The Morgan fingerprint density at radius 3 is 2.61 bits per heavy atom. The molecule has 2 heteroatoms. The summed E-state index contributed by atoms with van der Waals surface area (Å²) in [5.74, 6) is 1.07. The largest absolute Gasteiger partial charge is 0.161 e. The zero-order valence-corrected chi connectivity index (χ0v) is 11.9. The molecular formula is C16H14S2. The summed E-state index contributed by atoms with van der Waals surface area (Å²) in [4.78, 5) is 1.38. The first kappa shape index (κ1) is 11.8. The molecule has 0 nitrogen and oxygen atoms in total. The van der Waals surface area contributed by atoms with Crippen LogP contribution in [0.5, 0.6) is 0 Å². The van der Waals surface area contributed by atoms with E-state index in [4.69, 9.17) is 0 Å². The minimum absolute atomic E-state index is 1.07. The zero-order chi connectivity index (χ0) is 12.4. The molecule has 1 heterocycles. The molecule has 0 aliphatic heterocycles. The van der Waals surface area contributed by atoms with E-state index >= 15 is 0 Å². The van der Waals surface area contributed by atoms with Crippen molar-refractivity contribution >= 4 is 33.2 Å². The van der Waals surface area contributed by atoms with Crippen LogP contribution in [0.15, 0.2) is 54.6 Å². The lowest BCUT2D eigenvalue weighted by atomic mass is 10.1. The molecule has 0 saturated heterocycles. The van der Waals surface area contributed by atoms with E-state index in [-0.39, 0.29) is 0 Å². The maximum Gasteiger partial charge on any atom is 0.0358 e. The Hall–Kier alpha value is -1.25. The van der Waals surface area contributed by atoms with Crippen LogP contribution in [0, 0.1) is 0 Å². The molecule has 0 bridgehead atoms. The van der Waals surface area contributed by atoms with E-state index in [1.54, 1.807) is 0 Å². The van der Waals surface area contributed by atoms with E-state index in [1.165, 1.54) is 26.1 Å². The summed E-state index contributed by atoms with van der Waals surface area (Å²) < 4.78 is 1.37. The third-order valence-corrected chi connectivity index (χ3v) is 4.76. The maximum atomic E-state index is 2.30. The van der Waals surface area contributed by atoms with Gasteiger partial charge in [0.05, 0.1) is 0 Å². The molecular weight excluding hydrogens is 256 g/mol. The van der Waals surface area contributed by atoms with Gasteiger partial charge in [0, 0.05) is 15.3 Å². The van der Waals surface area contributed by atoms with Crippen molar-refractivity contribution < 1.29 is 0 Å². The Morgan fingerprint density at radius 1 is 1.00 bits per heavy atom. The highest BCUT2D eigenvalue weighted by molar-refractivity contribution is 7.97. The third kappa shape index (κ3) is 2.18. The Morgan fingerprint density at radius 2 is 1.78 bits per heavy atom. The number of fused-ring (bicyclic) bond motifs is 1. The lowest BCUT2D eigenvalue weighted by Gasteiger charge is -2.05. The van der Waals surface area contributed by atoms with Gasteiger partial charge in [0.2, 0.25) is 0 Å². The molecule has 0 unspecified atom stereocenters. The quantitative estimate of drug-likeness (QED) is 0.611. The van der Waals surface area contributed by atoms with Crippen LogP contribution < -0.4 is 0 Å². The van der Waals surface area contributed by atoms with Gasteiger partial charge in [-0.25, -0.2) is 0 Å². The summed E-state index contributed by atoms with van der Waals surface area (Å²) >= 11 is 3.76. The van der Waals surface area contributed by atoms with Crippen LogP contribution in [-0.2, 0) is 5.75 Å². The number of benzene rings is 2. The summed E-state index contributed by atoms with van der Waals surface area (Å²) in [6.45, 7) is 0. The number of hydrogen-bond acceptors (Lipinski definition) is 2. The van der Waals surface area contributed by atoms with Crippen molar-refractivity contribution in [2.45, 2.75) is 5.75 Å². The van der Waals surface area contributed by atoms with E-state index in [1.807, 2.05) is 23.1 Å². The van der Waals surface area contributed by atoms with Gasteiger partial charge >= 0.3 is 0 Å². The van der Waals surface area contributed by atoms with Crippen molar-refractivity contribution in [3.8, 4) is 10.4 Å². The molecule has 0 radical (unpaired) electrons. The maximum absolute atomic E-state index is 2.30. The van der Waals surface area contributed by atoms with Crippen LogP contribution in [0.4, 0.5) is 0 Å². The normalized spacial score (nSPS) is 10.9. The van der Waals surface area contributed by atoms with E-state index in [0.717, 1.165) is 5.75 Å². The highest BCUT2D eigenvalue weighted by Gasteiger charge is 2.07. The third-order valence-electron chi connectivity index (χ3n) is 3.01. The van der Waals surface area contributed by atoms with Gasteiger partial charge in [0.1, 0.15) is 0 Å². The zero-order valence-electron chi connectivity index (χ0n) is 10.2. The molecule has 0 aliphatic carbocycles. The molecule has 3 rings (SSSR count). The van der Waals surface area contributed by atoms with Crippen LogP contribution in [0.1, 0.15) is 5.56 Å². The van der Waals surface area contributed by atoms with Crippen LogP contribution in [0.3, 0.4) is 0 Å². The molecule has 0 aliphatic rings. The first-order chi connectivity index (χ1) is 8.88. The van der Waals surface area contributed by atoms with E-state index in [2.05, 4.69) is 60.9 Å². The molecule has 2 aromatic carbocycles. The van der Waals surface area contributed by atoms with Crippen molar-refractivity contribution in [2.24, 2.45) is 0 Å². The van der Waals surface area contributed by atoms with Crippen molar-refractivity contribution in [3.63, 3.8) is 0 Å². The summed E-state index contributed by atoms with van der Waals surface area (Å²) in [6, 6.07) is 19.6. The van der Waals surface area contributed by atoms with Crippen molar-refractivity contribution in [1.82, 2.24) is 0 Å². The lowest BCUT2D eigenvalue weighted by molar-refractivity contribution is 1.42. The standard InChI is InChI=1S/C16H14S2/c1-17-11-13-7-2-4-8-14(13)16-10-12-6-3-5-9-15(12)18-16/h2-10H,11H2,1H3. The van der Waals surface area contributed by atoms with Crippen LogP contribution >= 0.6 is 23.1 Å². The van der Waals surface area contributed by atoms with Gasteiger partial charge in [-0.1, -0.05) is 42.5 Å². The molecule has 0 atom stereocenters. The number of rotatable bonds is 3. The molecule has 3 aromatic rings. The highest BCUT2D eigenvalue weighted by Crippen LogP contribution is 2.35. The molecule has 0 amide bonds. The SMILES string of the molecule is CSCc1ccccc1-c1cc2ccccc2s1. The monoisotopic (exact) mass is 270 g/mol. The molecule has 18 heavy (non-hydrogen) atoms. The van der Waals surface area contributed by atoms with Crippen LogP contribution in [-0.4, -0.2) is 6.26 Å². The number of hydrogen-bond donors (Lipinski definition) is 0. The smallest absolute Gasteiger partial charge is 0.0358 e. The molecule has 1 aromatic heterocycles. The molecule has 0 N–H and O–H groups in total. The first-order valence-corrected chi connectivity index (χ1v) is 8.15. The minimum atomic E-state index is 1.07. The van der Waals surface area contributed by atoms with E-state index in [0.29, 0.717) is 0 Å².